The highest BCUT2D eigenvalue weighted by Crippen LogP contribution is 2.40. The number of hydrogen-bond donors (Lipinski definition) is 0. The predicted octanol–water partition coefficient (Wildman–Crippen LogP) is 11.5. The molecule has 10 rings (SSSR count). The molecule has 0 aliphatic carbocycles. The minimum absolute atomic E-state index is 0.666. The van der Waals surface area contributed by atoms with Gasteiger partial charge in [0, 0.05) is 53.3 Å². The van der Waals surface area contributed by atoms with Crippen molar-refractivity contribution >= 4 is 64.1 Å². The van der Waals surface area contributed by atoms with E-state index in [-0.39, 0.29) is 0 Å². The van der Waals surface area contributed by atoms with Crippen molar-refractivity contribution in [3.63, 3.8) is 0 Å². The topological polar surface area (TPSA) is 43.6 Å². The van der Waals surface area contributed by atoms with Gasteiger partial charge in [-0.25, -0.2) is 15.0 Å². The first-order valence-electron chi connectivity index (χ1n) is 16.0. The molecule has 0 saturated heterocycles. The number of rotatable bonds is 4. The largest absolute Gasteiger partial charge is 0.309 e. The van der Waals surface area contributed by atoms with Gasteiger partial charge in [0.2, 0.25) is 0 Å². The van der Waals surface area contributed by atoms with E-state index >= 15 is 0 Å². The number of aromatic nitrogens is 4. The monoisotopic (exact) mass is 630 g/mol. The van der Waals surface area contributed by atoms with Crippen LogP contribution in [-0.2, 0) is 0 Å². The number of thiophene rings is 1. The van der Waals surface area contributed by atoms with Gasteiger partial charge in [0.1, 0.15) is 0 Å². The van der Waals surface area contributed by atoms with Crippen LogP contribution in [0.5, 0.6) is 0 Å². The average Bonchev–Trinajstić information content (AvgIpc) is 3.68. The Labute approximate surface area is 280 Å². The number of benzene rings is 7. The van der Waals surface area contributed by atoms with Gasteiger partial charge >= 0.3 is 0 Å². The van der Waals surface area contributed by atoms with E-state index in [1.54, 1.807) is 11.3 Å². The second-order valence-corrected chi connectivity index (χ2v) is 13.2. The van der Waals surface area contributed by atoms with E-state index in [0.29, 0.717) is 17.5 Å². The Morgan fingerprint density at radius 2 is 1.00 bits per heavy atom. The molecular weight excluding hydrogens is 605 g/mol. The van der Waals surface area contributed by atoms with Crippen molar-refractivity contribution in [2.24, 2.45) is 0 Å². The van der Waals surface area contributed by atoms with Crippen molar-refractivity contribution in [2.45, 2.75) is 0 Å². The maximum Gasteiger partial charge on any atom is 0.164 e. The van der Waals surface area contributed by atoms with E-state index in [2.05, 4.69) is 102 Å². The van der Waals surface area contributed by atoms with Crippen LogP contribution in [0.15, 0.2) is 158 Å². The summed E-state index contributed by atoms with van der Waals surface area (Å²) < 4.78 is 4.87. The molecule has 48 heavy (non-hydrogen) atoms. The van der Waals surface area contributed by atoms with Gasteiger partial charge in [0.25, 0.3) is 0 Å². The van der Waals surface area contributed by atoms with Crippen LogP contribution in [-0.4, -0.2) is 19.5 Å². The van der Waals surface area contributed by atoms with E-state index in [4.69, 9.17) is 15.0 Å². The molecule has 3 heterocycles. The highest BCUT2D eigenvalue weighted by molar-refractivity contribution is 7.25. The smallest absolute Gasteiger partial charge is 0.164 e. The molecule has 7 aromatic carbocycles. The van der Waals surface area contributed by atoms with Gasteiger partial charge in [-0.15, -0.1) is 11.3 Å². The van der Waals surface area contributed by atoms with Crippen LogP contribution in [0.25, 0.3) is 92.6 Å². The molecule has 4 nitrogen and oxygen atoms in total. The molecule has 5 heteroatoms. The molecule has 3 aromatic heterocycles. The van der Waals surface area contributed by atoms with Crippen LogP contribution in [0.3, 0.4) is 0 Å². The van der Waals surface area contributed by atoms with Crippen LogP contribution in [0, 0.1) is 0 Å². The molecule has 0 aliphatic rings. The Bertz CT molecular complexity index is 2780. The zero-order valence-corrected chi connectivity index (χ0v) is 26.5. The third kappa shape index (κ3) is 4.33. The minimum atomic E-state index is 0.666. The second kappa shape index (κ2) is 10.7. The Morgan fingerprint density at radius 1 is 0.375 bits per heavy atom. The van der Waals surface area contributed by atoms with Crippen LogP contribution < -0.4 is 0 Å². The van der Waals surface area contributed by atoms with Gasteiger partial charge in [-0.05, 0) is 53.2 Å². The Balaban J connectivity index is 1.14. The molecule has 0 fully saturated rings. The molecular formula is C43H26N4S. The van der Waals surface area contributed by atoms with E-state index in [0.717, 1.165) is 22.4 Å². The molecule has 0 aliphatic heterocycles. The lowest BCUT2D eigenvalue weighted by molar-refractivity contribution is 1.07. The van der Waals surface area contributed by atoms with Gasteiger partial charge in [-0.1, -0.05) is 115 Å². The summed E-state index contributed by atoms with van der Waals surface area (Å²) in [7, 11) is 0. The predicted molar refractivity (Wildman–Crippen MR) is 201 cm³/mol. The maximum atomic E-state index is 4.97. The van der Waals surface area contributed by atoms with Crippen molar-refractivity contribution in [2.75, 3.05) is 0 Å². The van der Waals surface area contributed by atoms with Crippen LogP contribution in [0.1, 0.15) is 0 Å². The second-order valence-electron chi connectivity index (χ2n) is 12.1. The third-order valence-corrected chi connectivity index (χ3v) is 10.3. The lowest BCUT2D eigenvalue weighted by Gasteiger charge is -2.09. The van der Waals surface area contributed by atoms with Crippen LogP contribution in [0.2, 0.25) is 0 Å². The Kier molecular flexibility index (Phi) is 6.01. The van der Waals surface area contributed by atoms with Crippen molar-refractivity contribution in [3.05, 3.63) is 158 Å². The molecule has 224 valence electrons. The summed E-state index contributed by atoms with van der Waals surface area (Å²) in [5.74, 6) is 2.00. The molecule has 0 bridgehead atoms. The van der Waals surface area contributed by atoms with Crippen molar-refractivity contribution < 1.29 is 0 Å². The van der Waals surface area contributed by atoms with Crippen molar-refractivity contribution in [3.8, 4) is 39.9 Å². The van der Waals surface area contributed by atoms with E-state index in [1.165, 1.54) is 52.8 Å². The van der Waals surface area contributed by atoms with Crippen molar-refractivity contribution in [1.82, 2.24) is 19.5 Å². The summed E-state index contributed by atoms with van der Waals surface area (Å²) in [6, 6.07) is 55.7. The molecule has 0 spiro atoms. The molecule has 0 saturated carbocycles. The lowest BCUT2D eigenvalue weighted by atomic mass is 10.1. The normalized spacial score (nSPS) is 11.8. The van der Waals surface area contributed by atoms with Gasteiger partial charge in [0.15, 0.2) is 17.5 Å². The number of hydrogen-bond acceptors (Lipinski definition) is 4. The fourth-order valence-corrected chi connectivity index (χ4v) is 8.04. The summed E-state index contributed by atoms with van der Waals surface area (Å²) in [6.45, 7) is 0. The van der Waals surface area contributed by atoms with Crippen molar-refractivity contribution in [1.29, 1.82) is 0 Å². The first-order valence-corrected chi connectivity index (χ1v) is 16.8. The SMILES string of the molecule is c1ccc(-c2nc(-c3ccccc3)nc(-c3ccc4c(c3)sc3ccc(-n5c6ccccc6c6cc7ccccc7cc65)cc34)n2)cc1. The molecule has 0 radical (unpaired) electrons. The molecule has 0 amide bonds. The zero-order chi connectivity index (χ0) is 31.6. The summed E-state index contributed by atoms with van der Waals surface area (Å²) in [4.78, 5) is 14.8. The molecule has 10 aromatic rings. The molecule has 0 N–H and O–H groups in total. The summed E-state index contributed by atoms with van der Waals surface area (Å²) in [6.07, 6.45) is 0. The lowest BCUT2D eigenvalue weighted by Crippen LogP contribution is -1.99. The quantitative estimate of drug-likeness (QED) is 0.194. The average molecular weight is 631 g/mol. The third-order valence-electron chi connectivity index (χ3n) is 9.21. The van der Waals surface area contributed by atoms with Gasteiger partial charge < -0.3 is 4.57 Å². The van der Waals surface area contributed by atoms with Crippen LogP contribution in [0.4, 0.5) is 0 Å². The number of para-hydroxylation sites is 1. The van der Waals surface area contributed by atoms with Crippen LogP contribution >= 0.6 is 11.3 Å². The Morgan fingerprint density at radius 3 is 1.73 bits per heavy atom. The standard InChI is InChI=1S/C43H26N4S/c1-3-11-27(12-4-1)41-44-42(28-13-5-2-6-14-28)46-43(45-41)31-19-21-34-36-26-32(20-22-39(36)48-40(34)25-31)47-37-18-10-9-17-33(37)35-23-29-15-7-8-16-30(29)24-38(35)47/h1-26H. The first-order chi connectivity index (χ1) is 23.8. The maximum absolute atomic E-state index is 4.97. The zero-order valence-electron chi connectivity index (χ0n) is 25.7. The molecule has 0 unspecified atom stereocenters. The highest BCUT2D eigenvalue weighted by Gasteiger charge is 2.17. The number of fused-ring (bicyclic) bond motifs is 7. The Hall–Kier alpha value is -6.17. The van der Waals surface area contributed by atoms with E-state index in [1.807, 2.05) is 60.7 Å². The summed E-state index contributed by atoms with van der Waals surface area (Å²) >= 11 is 1.81. The van der Waals surface area contributed by atoms with E-state index < -0.39 is 0 Å². The fraction of sp³-hybridized carbons (Fsp3) is 0. The highest BCUT2D eigenvalue weighted by atomic mass is 32.1. The van der Waals surface area contributed by atoms with Gasteiger partial charge in [0.05, 0.1) is 11.0 Å². The summed E-state index contributed by atoms with van der Waals surface area (Å²) in [5.41, 5.74) is 6.49. The number of nitrogens with zero attached hydrogens (tertiary/aromatic N) is 4. The first kappa shape index (κ1) is 27.0. The van der Waals surface area contributed by atoms with Gasteiger partial charge in [-0.2, -0.15) is 0 Å². The minimum Gasteiger partial charge on any atom is -0.309 e. The summed E-state index contributed by atoms with van der Waals surface area (Å²) in [5, 5.41) is 7.51. The fourth-order valence-electron chi connectivity index (χ4n) is 6.91. The molecule has 0 atom stereocenters. The van der Waals surface area contributed by atoms with E-state index in [9.17, 15) is 0 Å². The van der Waals surface area contributed by atoms with Gasteiger partial charge in [-0.3, -0.25) is 0 Å².